The molecule has 0 bridgehead atoms. The van der Waals surface area contributed by atoms with Gasteiger partial charge in [-0.25, -0.2) is 9.48 Å². The van der Waals surface area contributed by atoms with E-state index >= 15 is 0 Å². The van der Waals surface area contributed by atoms with Crippen molar-refractivity contribution >= 4 is 23.6 Å². The lowest BCUT2D eigenvalue weighted by Gasteiger charge is -2.13. The van der Waals surface area contributed by atoms with Crippen molar-refractivity contribution in [2.24, 2.45) is 0 Å². The maximum atomic E-state index is 12.1. The number of nitrogens with one attached hydrogen (secondary N) is 1. The van der Waals surface area contributed by atoms with E-state index in [9.17, 15) is 9.59 Å². The van der Waals surface area contributed by atoms with Crippen LogP contribution in [0.2, 0.25) is 0 Å². The van der Waals surface area contributed by atoms with Crippen LogP contribution in [0.3, 0.4) is 0 Å². The molecule has 154 valence electrons. The number of esters is 1. The van der Waals surface area contributed by atoms with Crippen molar-refractivity contribution in [2.45, 2.75) is 26.3 Å². The molecule has 30 heavy (non-hydrogen) atoms. The van der Waals surface area contributed by atoms with Crippen molar-refractivity contribution in [1.29, 1.82) is 0 Å². The second-order valence-electron chi connectivity index (χ2n) is 7.06. The number of aromatic nitrogens is 3. The lowest BCUT2D eigenvalue weighted by molar-refractivity contribution is -0.142. The predicted molar refractivity (Wildman–Crippen MR) is 115 cm³/mol. The fourth-order valence-corrected chi connectivity index (χ4v) is 2.88. The Hall–Kier alpha value is -3.74. The molecule has 1 amide bonds. The highest BCUT2D eigenvalue weighted by Gasteiger charge is 2.10. The predicted octanol–water partition coefficient (Wildman–Crippen LogP) is 3.64. The first-order chi connectivity index (χ1) is 14.5. The number of carbonyl (C=O) groups excluding carboxylic acids is 2. The summed E-state index contributed by atoms with van der Waals surface area (Å²) in [6.45, 7) is 4.32. The minimum Gasteiger partial charge on any atom is -0.452 e. The van der Waals surface area contributed by atoms with Gasteiger partial charge in [-0.05, 0) is 29.2 Å². The molecule has 1 heterocycles. The zero-order valence-corrected chi connectivity index (χ0v) is 17.0. The average Bonchev–Trinajstić information content (AvgIpc) is 3.19. The first-order valence-electron chi connectivity index (χ1n) is 9.69. The third kappa shape index (κ3) is 6.13. The molecule has 0 unspecified atom stereocenters. The van der Waals surface area contributed by atoms with E-state index < -0.39 is 11.9 Å². The Bertz CT molecular complexity index is 1030. The van der Waals surface area contributed by atoms with Gasteiger partial charge in [0.05, 0.1) is 12.7 Å². The van der Waals surface area contributed by atoms with Crippen LogP contribution in [-0.4, -0.2) is 33.5 Å². The molecule has 0 saturated carbocycles. The number of carbonyl (C=O) groups is 2. The number of anilines is 1. The lowest BCUT2D eigenvalue weighted by atomic mass is 10.0. The van der Waals surface area contributed by atoms with Crippen molar-refractivity contribution in [3.63, 3.8) is 0 Å². The molecular formula is C23H24N4O3. The van der Waals surface area contributed by atoms with Crippen LogP contribution in [0.4, 0.5) is 5.69 Å². The Morgan fingerprint density at radius 2 is 1.83 bits per heavy atom. The summed E-state index contributed by atoms with van der Waals surface area (Å²) < 4.78 is 6.69. The highest BCUT2D eigenvalue weighted by Crippen LogP contribution is 2.23. The average molecular weight is 404 g/mol. The summed E-state index contributed by atoms with van der Waals surface area (Å²) in [5.41, 5.74) is 3.37. The zero-order chi connectivity index (χ0) is 21.3. The van der Waals surface area contributed by atoms with Gasteiger partial charge < -0.3 is 10.1 Å². The van der Waals surface area contributed by atoms with Gasteiger partial charge in [-0.3, -0.25) is 4.79 Å². The van der Waals surface area contributed by atoms with Gasteiger partial charge in [-0.15, -0.1) is 5.10 Å². The molecule has 0 radical (unpaired) electrons. The first-order valence-corrected chi connectivity index (χ1v) is 9.69. The Balaban J connectivity index is 1.48. The Kier molecular flexibility index (Phi) is 7.10. The second kappa shape index (κ2) is 10.2. The van der Waals surface area contributed by atoms with E-state index in [0.29, 0.717) is 12.2 Å². The van der Waals surface area contributed by atoms with Crippen LogP contribution in [0.15, 0.2) is 66.9 Å². The number of hydrogen-bond donors (Lipinski definition) is 1. The maximum absolute atomic E-state index is 12.1. The first kappa shape index (κ1) is 21.0. The number of nitrogens with zero attached hydrogens (tertiary/aromatic N) is 3. The van der Waals surface area contributed by atoms with Crippen molar-refractivity contribution in [2.75, 3.05) is 11.9 Å². The number of hydrogen-bond acceptors (Lipinski definition) is 5. The Morgan fingerprint density at radius 3 is 2.60 bits per heavy atom. The molecule has 2 aromatic carbocycles. The Labute approximate surface area is 175 Å². The molecule has 3 aromatic rings. The number of benzene rings is 2. The number of amides is 1. The largest absolute Gasteiger partial charge is 0.452 e. The maximum Gasteiger partial charge on any atom is 0.331 e. The number of para-hydroxylation sites is 1. The van der Waals surface area contributed by atoms with E-state index in [1.807, 2.05) is 68.4 Å². The Morgan fingerprint density at radius 1 is 1.10 bits per heavy atom. The van der Waals surface area contributed by atoms with Gasteiger partial charge in [-0.1, -0.05) is 67.6 Å². The molecule has 0 aliphatic rings. The van der Waals surface area contributed by atoms with Crippen LogP contribution in [-0.2, 0) is 20.9 Å². The quantitative estimate of drug-likeness (QED) is 0.458. The van der Waals surface area contributed by atoms with Gasteiger partial charge in [0.25, 0.3) is 5.91 Å². The molecule has 1 aromatic heterocycles. The normalized spacial score (nSPS) is 11.0. The molecule has 0 fully saturated rings. The fraction of sp³-hybridized carbons (Fsp3) is 0.217. The molecule has 7 heteroatoms. The SMILES string of the molecule is CC(C)c1ccccc1NC(=O)COC(=O)/C=C/c1cn(Cc2ccccc2)nn1. The highest BCUT2D eigenvalue weighted by molar-refractivity contribution is 5.95. The molecule has 1 N–H and O–H groups in total. The molecule has 0 atom stereocenters. The van der Waals surface area contributed by atoms with E-state index in [4.69, 9.17) is 4.74 Å². The molecule has 7 nitrogen and oxygen atoms in total. The minimum absolute atomic E-state index is 0.266. The van der Waals surface area contributed by atoms with Crippen LogP contribution in [0.1, 0.15) is 36.6 Å². The topological polar surface area (TPSA) is 86.1 Å². The summed E-state index contributed by atoms with van der Waals surface area (Å²) in [4.78, 5) is 24.0. The molecule has 0 aliphatic carbocycles. The minimum atomic E-state index is -0.625. The van der Waals surface area contributed by atoms with Gasteiger partial charge in [-0.2, -0.15) is 0 Å². The van der Waals surface area contributed by atoms with Gasteiger partial charge in [0, 0.05) is 11.8 Å². The summed E-state index contributed by atoms with van der Waals surface area (Å²) in [6, 6.07) is 17.4. The summed E-state index contributed by atoms with van der Waals surface area (Å²) in [5, 5.41) is 10.8. The molecule has 0 saturated heterocycles. The van der Waals surface area contributed by atoms with Crippen LogP contribution in [0, 0.1) is 0 Å². The summed E-state index contributed by atoms with van der Waals surface area (Å²) in [7, 11) is 0. The monoisotopic (exact) mass is 404 g/mol. The molecule has 0 spiro atoms. The van der Waals surface area contributed by atoms with E-state index in [1.54, 1.807) is 10.9 Å². The number of ether oxygens (including phenoxy) is 1. The second-order valence-corrected chi connectivity index (χ2v) is 7.06. The molecule has 3 rings (SSSR count). The van der Waals surface area contributed by atoms with Crippen molar-refractivity contribution in [1.82, 2.24) is 15.0 Å². The van der Waals surface area contributed by atoms with Crippen LogP contribution < -0.4 is 5.32 Å². The van der Waals surface area contributed by atoms with Crippen LogP contribution in [0.5, 0.6) is 0 Å². The van der Waals surface area contributed by atoms with Gasteiger partial charge in [0.1, 0.15) is 5.69 Å². The van der Waals surface area contributed by atoms with E-state index in [0.717, 1.165) is 16.8 Å². The third-order valence-electron chi connectivity index (χ3n) is 4.34. The van der Waals surface area contributed by atoms with Crippen molar-refractivity contribution in [3.05, 3.63) is 83.7 Å². The standard InChI is InChI=1S/C23H24N4O3/c1-17(2)20-10-6-7-11-21(20)24-22(28)16-30-23(29)13-12-19-15-27(26-25-19)14-18-8-4-3-5-9-18/h3-13,15,17H,14,16H2,1-2H3,(H,24,28)/b13-12+. The summed E-state index contributed by atoms with van der Waals surface area (Å²) in [5.74, 6) is -0.749. The van der Waals surface area contributed by atoms with Crippen molar-refractivity contribution in [3.8, 4) is 0 Å². The number of rotatable bonds is 8. The summed E-state index contributed by atoms with van der Waals surface area (Å²) in [6.07, 6.45) is 4.46. The van der Waals surface area contributed by atoms with E-state index in [-0.39, 0.29) is 12.5 Å². The van der Waals surface area contributed by atoms with Crippen LogP contribution in [0.25, 0.3) is 6.08 Å². The highest BCUT2D eigenvalue weighted by atomic mass is 16.5. The third-order valence-corrected chi connectivity index (χ3v) is 4.34. The van der Waals surface area contributed by atoms with Gasteiger partial charge >= 0.3 is 5.97 Å². The fourth-order valence-electron chi connectivity index (χ4n) is 2.88. The van der Waals surface area contributed by atoms with Crippen LogP contribution >= 0.6 is 0 Å². The summed E-state index contributed by atoms with van der Waals surface area (Å²) >= 11 is 0. The van der Waals surface area contributed by atoms with Gasteiger partial charge in [0.2, 0.25) is 0 Å². The molecular weight excluding hydrogens is 380 g/mol. The zero-order valence-electron chi connectivity index (χ0n) is 17.0. The lowest BCUT2D eigenvalue weighted by Crippen LogP contribution is -2.21. The van der Waals surface area contributed by atoms with E-state index in [2.05, 4.69) is 15.6 Å². The smallest absolute Gasteiger partial charge is 0.331 e. The van der Waals surface area contributed by atoms with Gasteiger partial charge in [0.15, 0.2) is 6.61 Å². The van der Waals surface area contributed by atoms with E-state index in [1.165, 1.54) is 12.2 Å². The van der Waals surface area contributed by atoms with Crippen molar-refractivity contribution < 1.29 is 14.3 Å². The molecule has 0 aliphatic heterocycles.